The Morgan fingerprint density at radius 2 is 1.93 bits per heavy atom. The number of benzene rings is 1. The van der Waals surface area contributed by atoms with Crippen LogP contribution in [0.3, 0.4) is 0 Å². The molecule has 0 saturated heterocycles. The van der Waals surface area contributed by atoms with Crippen molar-refractivity contribution in [3.05, 3.63) is 47.4 Å². The van der Waals surface area contributed by atoms with Gasteiger partial charge in [0.15, 0.2) is 0 Å². The normalized spacial score (nSPS) is 22.1. The lowest BCUT2D eigenvalue weighted by Crippen LogP contribution is -2.44. The predicted molar refractivity (Wildman–Crippen MR) is 111 cm³/mol. The average Bonchev–Trinajstić information content (AvgIpc) is 3.16. The summed E-state index contributed by atoms with van der Waals surface area (Å²) in [4.78, 5) is 16.0. The van der Waals surface area contributed by atoms with Gasteiger partial charge in [-0.3, -0.25) is 14.6 Å². The number of fused-ring (bicyclic) bond motifs is 2. The fourth-order valence-corrected chi connectivity index (χ4v) is 5.45. The van der Waals surface area contributed by atoms with Crippen LogP contribution in [-0.4, -0.2) is 42.9 Å². The lowest BCUT2D eigenvalue weighted by atomic mass is 9.91. The number of amides is 1. The molecule has 1 unspecified atom stereocenters. The van der Waals surface area contributed by atoms with Gasteiger partial charge in [0.05, 0.1) is 29.5 Å². The number of aromatic nitrogens is 4. The molecule has 2 fully saturated rings. The molecule has 6 nitrogen and oxygen atoms in total. The number of H-pyrrole nitrogens is 1. The first kappa shape index (κ1) is 17.2. The molecule has 3 aliphatic rings. The van der Waals surface area contributed by atoms with Crippen molar-refractivity contribution < 1.29 is 4.79 Å². The van der Waals surface area contributed by atoms with Crippen LogP contribution >= 0.6 is 0 Å². The van der Waals surface area contributed by atoms with E-state index in [0.29, 0.717) is 12.1 Å². The Labute approximate surface area is 170 Å². The Balaban J connectivity index is 1.35. The Hall–Kier alpha value is -2.63. The zero-order valence-corrected chi connectivity index (χ0v) is 16.7. The Kier molecular flexibility index (Phi) is 3.99. The smallest absolute Gasteiger partial charge is 0.255 e. The molecular weight excluding hydrogens is 362 g/mol. The van der Waals surface area contributed by atoms with Gasteiger partial charge in [0.25, 0.3) is 5.91 Å². The van der Waals surface area contributed by atoms with Gasteiger partial charge < -0.3 is 4.90 Å². The highest BCUT2D eigenvalue weighted by atomic mass is 16.2. The largest absolute Gasteiger partial charge is 0.332 e. The second-order valence-electron chi connectivity index (χ2n) is 8.98. The third kappa shape index (κ3) is 2.88. The van der Waals surface area contributed by atoms with Gasteiger partial charge in [0, 0.05) is 23.2 Å². The number of hydrogen-bond acceptors (Lipinski definition) is 3. The monoisotopic (exact) mass is 389 g/mol. The predicted octanol–water partition coefficient (Wildman–Crippen LogP) is 4.04. The van der Waals surface area contributed by atoms with E-state index in [0.717, 1.165) is 48.6 Å². The molecule has 0 bridgehead atoms. The first-order valence-corrected chi connectivity index (χ1v) is 11.1. The van der Waals surface area contributed by atoms with Crippen LogP contribution in [0, 0.1) is 0 Å². The summed E-state index contributed by atoms with van der Waals surface area (Å²) >= 11 is 0. The van der Waals surface area contributed by atoms with Gasteiger partial charge in [-0.25, -0.2) is 0 Å². The molecular formula is C23H27N5O. The van der Waals surface area contributed by atoms with Crippen molar-refractivity contribution >= 4 is 16.8 Å². The second-order valence-corrected chi connectivity index (χ2v) is 8.98. The summed E-state index contributed by atoms with van der Waals surface area (Å²) in [5.74, 6) is 0.181. The molecule has 6 rings (SSSR count). The molecule has 3 aromatic rings. The van der Waals surface area contributed by atoms with Crippen LogP contribution in [0.25, 0.3) is 10.9 Å². The minimum Gasteiger partial charge on any atom is -0.332 e. The number of nitrogens with one attached hydrogen (secondary N) is 1. The molecule has 29 heavy (non-hydrogen) atoms. The SMILES string of the molecule is O=C(c1cccc2c1cnn2C1CCCC1)N(C1CC1)C1CCc2[nH]ncc2C1. The van der Waals surface area contributed by atoms with Gasteiger partial charge in [-0.15, -0.1) is 0 Å². The molecule has 3 aliphatic carbocycles. The molecule has 0 aliphatic heterocycles. The number of aryl methyl sites for hydroxylation is 1. The minimum absolute atomic E-state index is 0.181. The van der Waals surface area contributed by atoms with E-state index in [4.69, 9.17) is 5.10 Å². The van der Waals surface area contributed by atoms with Crippen molar-refractivity contribution in [2.24, 2.45) is 0 Å². The first-order valence-electron chi connectivity index (χ1n) is 11.1. The molecule has 150 valence electrons. The fourth-order valence-electron chi connectivity index (χ4n) is 5.45. The fraction of sp³-hybridized carbons (Fsp3) is 0.522. The highest BCUT2D eigenvalue weighted by molar-refractivity contribution is 6.06. The summed E-state index contributed by atoms with van der Waals surface area (Å²) in [5.41, 5.74) is 4.44. The van der Waals surface area contributed by atoms with E-state index in [-0.39, 0.29) is 11.9 Å². The van der Waals surface area contributed by atoms with Crippen molar-refractivity contribution in [3.8, 4) is 0 Å². The molecule has 1 aromatic carbocycles. The van der Waals surface area contributed by atoms with Gasteiger partial charge in [0.2, 0.25) is 0 Å². The molecule has 1 atom stereocenters. The van der Waals surface area contributed by atoms with Crippen LogP contribution in [0.1, 0.15) is 72.6 Å². The van der Waals surface area contributed by atoms with Gasteiger partial charge in [-0.05, 0) is 62.6 Å². The molecule has 0 spiro atoms. The highest BCUT2D eigenvalue weighted by Gasteiger charge is 2.39. The number of hydrogen-bond donors (Lipinski definition) is 1. The standard InChI is InChI=1S/C23H27N5O/c29-23(27(16-8-9-16)18-10-11-21-15(12-18)13-24-26-21)19-6-3-7-22-20(19)14-25-28(22)17-4-1-2-5-17/h3,6-7,13-14,16-18H,1-2,4-5,8-12H2,(H,24,26). The molecule has 2 aromatic heterocycles. The second kappa shape index (κ2) is 6.71. The molecule has 0 radical (unpaired) electrons. The topological polar surface area (TPSA) is 66.8 Å². The van der Waals surface area contributed by atoms with Crippen molar-refractivity contribution in [2.45, 2.75) is 75.9 Å². The Morgan fingerprint density at radius 1 is 1.07 bits per heavy atom. The maximum Gasteiger partial charge on any atom is 0.255 e. The van der Waals surface area contributed by atoms with E-state index >= 15 is 0 Å². The van der Waals surface area contributed by atoms with Crippen LogP contribution in [0.5, 0.6) is 0 Å². The van der Waals surface area contributed by atoms with E-state index in [1.165, 1.54) is 36.9 Å². The maximum absolute atomic E-state index is 13.8. The van der Waals surface area contributed by atoms with Crippen LogP contribution < -0.4 is 0 Å². The maximum atomic E-state index is 13.8. The van der Waals surface area contributed by atoms with Crippen molar-refractivity contribution in [3.63, 3.8) is 0 Å². The van der Waals surface area contributed by atoms with Gasteiger partial charge >= 0.3 is 0 Å². The third-order valence-corrected chi connectivity index (χ3v) is 7.10. The lowest BCUT2D eigenvalue weighted by Gasteiger charge is -2.34. The van der Waals surface area contributed by atoms with Gasteiger partial charge in [-0.1, -0.05) is 18.9 Å². The van der Waals surface area contributed by atoms with Gasteiger partial charge in [-0.2, -0.15) is 10.2 Å². The summed E-state index contributed by atoms with van der Waals surface area (Å²) in [7, 11) is 0. The van der Waals surface area contributed by atoms with Crippen molar-refractivity contribution in [2.75, 3.05) is 0 Å². The molecule has 2 saturated carbocycles. The van der Waals surface area contributed by atoms with Crippen molar-refractivity contribution in [1.29, 1.82) is 0 Å². The summed E-state index contributed by atoms with van der Waals surface area (Å²) in [5, 5.41) is 13.0. The van der Waals surface area contributed by atoms with E-state index in [9.17, 15) is 4.79 Å². The number of carbonyl (C=O) groups is 1. The zero-order valence-electron chi connectivity index (χ0n) is 16.7. The van der Waals surface area contributed by atoms with E-state index in [1.54, 1.807) is 0 Å². The Morgan fingerprint density at radius 3 is 2.76 bits per heavy atom. The molecule has 1 N–H and O–H groups in total. The summed E-state index contributed by atoms with van der Waals surface area (Å²) in [6.45, 7) is 0. The molecule has 1 amide bonds. The number of rotatable bonds is 4. The summed E-state index contributed by atoms with van der Waals surface area (Å²) < 4.78 is 2.17. The van der Waals surface area contributed by atoms with Crippen LogP contribution in [-0.2, 0) is 12.8 Å². The van der Waals surface area contributed by atoms with E-state index < -0.39 is 0 Å². The number of aromatic amines is 1. The van der Waals surface area contributed by atoms with E-state index in [1.807, 2.05) is 24.5 Å². The molecule has 2 heterocycles. The summed E-state index contributed by atoms with van der Waals surface area (Å²) in [6, 6.07) is 7.28. The van der Waals surface area contributed by atoms with Crippen molar-refractivity contribution in [1.82, 2.24) is 24.9 Å². The Bertz CT molecular complexity index is 1060. The zero-order chi connectivity index (χ0) is 19.4. The average molecular weight is 390 g/mol. The third-order valence-electron chi connectivity index (χ3n) is 7.10. The lowest BCUT2D eigenvalue weighted by molar-refractivity contribution is 0.0645. The number of carbonyl (C=O) groups excluding carboxylic acids is 1. The number of nitrogens with zero attached hydrogens (tertiary/aromatic N) is 4. The minimum atomic E-state index is 0.181. The van der Waals surface area contributed by atoms with Crippen LogP contribution in [0.2, 0.25) is 0 Å². The summed E-state index contributed by atoms with van der Waals surface area (Å²) in [6.07, 6.45) is 13.9. The van der Waals surface area contributed by atoms with Gasteiger partial charge in [0.1, 0.15) is 0 Å². The molecule has 6 heteroatoms. The van der Waals surface area contributed by atoms with Crippen LogP contribution in [0.4, 0.5) is 0 Å². The van der Waals surface area contributed by atoms with Crippen LogP contribution in [0.15, 0.2) is 30.6 Å². The highest BCUT2D eigenvalue weighted by Crippen LogP contribution is 2.36. The first-order chi connectivity index (χ1) is 14.3. The van der Waals surface area contributed by atoms with E-state index in [2.05, 4.69) is 25.8 Å². The quantitative estimate of drug-likeness (QED) is 0.732.